The molecule has 2 rings (SSSR count). The van der Waals surface area contributed by atoms with Gasteiger partial charge in [-0.1, -0.05) is 6.07 Å². The number of rotatable bonds is 6. The van der Waals surface area contributed by atoms with Crippen molar-refractivity contribution in [3.8, 4) is 5.75 Å². The Balaban J connectivity index is 1.88. The van der Waals surface area contributed by atoms with E-state index >= 15 is 0 Å². The highest BCUT2D eigenvalue weighted by molar-refractivity contribution is 7.89. The zero-order valence-corrected chi connectivity index (χ0v) is 13.8. The molecule has 1 aromatic heterocycles. The summed E-state index contributed by atoms with van der Waals surface area (Å²) in [6.45, 7) is 0. The van der Waals surface area contributed by atoms with Crippen molar-refractivity contribution in [2.45, 2.75) is 4.90 Å². The van der Waals surface area contributed by atoms with Gasteiger partial charge in [0.25, 0.3) is 10.0 Å². The lowest BCUT2D eigenvalue weighted by molar-refractivity contribution is -0.139. The number of hydrogen-bond acceptors (Lipinski definition) is 7. The van der Waals surface area contributed by atoms with Crippen LogP contribution in [-0.2, 0) is 19.6 Å². The lowest BCUT2D eigenvalue weighted by Crippen LogP contribution is -2.49. The topological polar surface area (TPSA) is 139 Å². The van der Waals surface area contributed by atoms with Crippen LogP contribution in [0.5, 0.6) is 5.75 Å². The minimum absolute atomic E-state index is 0.111. The molecule has 0 spiro atoms. The van der Waals surface area contributed by atoms with Gasteiger partial charge in [-0.05, 0) is 36.4 Å². The molecule has 0 atom stereocenters. The predicted molar refractivity (Wildman–Crippen MR) is 87.5 cm³/mol. The summed E-state index contributed by atoms with van der Waals surface area (Å²) in [4.78, 5) is 28.8. The molecular weight excluding hydrogens is 350 g/mol. The lowest BCUT2D eigenvalue weighted by Gasteiger charge is -2.10. The largest absolute Gasteiger partial charge is 0.497 e. The molecule has 0 bridgehead atoms. The Morgan fingerprint density at radius 2 is 1.68 bits per heavy atom. The van der Waals surface area contributed by atoms with Gasteiger partial charge in [0.1, 0.15) is 11.6 Å². The fraction of sp³-hybridized carbons (Fsp3) is 0.0714. The van der Waals surface area contributed by atoms with Gasteiger partial charge in [-0.3, -0.25) is 25.9 Å². The van der Waals surface area contributed by atoms with Crippen molar-refractivity contribution in [1.82, 2.24) is 20.7 Å². The first-order valence-corrected chi connectivity index (χ1v) is 8.34. The second-order valence-electron chi connectivity index (χ2n) is 4.53. The molecule has 132 valence electrons. The van der Waals surface area contributed by atoms with Gasteiger partial charge in [0.2, 0.25) is 0 Å². The number of nitrogens with zero attached hydrogens (tertiary/aromatic N) is 1. The maximum Gasteiger partial charge on any atom is 0.329 e. The minimum Gasteiger partial charge on any atom is -0.497 e. The van der Waals surface area contributed by atoms with Crippen molar-refractivity contribution >= 4 is 27.7 Å². The van der Waals surface area contributed by atoms with Crippen LogP contribution in [0, 0.1) is 0 Å². The van der Waals surface area contributed by atoms with E-state index in [0.29, 0.717) is 11.6 Å². The zero-order chi connectivity index (χ0) is 18.3. The highest BCUT2D eigenvalue weighted by atomic mass is 32.2. The van der Waals surface area contributed by atoms with Gasteiger partial charge in [-0.2, -0.15) is 0 Å². The van der Waals surface area contributed by atoms with Crippen LogP contribution in [0.15, 0.2) is 53.6 Å². The number of aromatic nitrogens is 1. The summed E-state index contributed by atoms with van der Waals surface area (Å²) in [6.07, 6.45) is 1.48. The van der Waals surface area contributed by atoms with Crippen LogP contribution in [0.25, 0.3) is 0 Å². The molecule has 1 aromatic carbocycles. The second-order valence-corrected chi connectivity index (χ2v) is 6.21. The molecule has 11 heteroatoms. The number of ether oxygens (including phenoxy) is 1. The van der Waals surface area contributed by atoms with Gasteiger partial charge in [0, 0.05) is 6.20 Å². The first-order valence-electron chi connectivity index (χ1n) is 6.85. The van der Waals surface area contributed by atoms with E-state index in [2.05, 4.69) is 15.8 Å². The maximum atomic E-state index is 12.0. The normalized spacial score (nSPS) is 10.6. The molecule has 0 unspecified atom stereocenters. The van der Waals surface area contributed by atoms with E-state index in [9.17, 15) is 18.0 Å². The number of methoxy groups -OCH3 is 1. The van der Waals surface area contributed by atoms with E-state index in [-0.39, 0.29) is 4.90 Å². The highest BCUT2D eigenvalue weighted by Crippen LogP contribution is 2.14. The Kier molecular flexibility index (Phi) is 5.87. The second kappa shape index (κ2) is 8.08. The summed E-state index contributed by atoms with van der Waals surface area (Å²) >= 11 is 0. The van der Waals surface area contributed by atoms with Crippen LogP contribution in [0.4, 0.5) is 5.82 Å². The van der Waals surface area contributed by atoms with Gasteiger partial charge in [0.15, 0.2) is 0 Å². The molecule has 4 N–H and O–H groups in total. The van der Waals surface area contributed by atoms with Crippen molar-refractivity contribution in [2.75, 3.05) is 12.5 Å². The lowest BCUT2D eigenvalue weighted by atomic mass is 10.3. The molecule has 10 nitrogen and oxygen atoms in total. The van der Waals surface area contributed by atoms with E-state index in [1.54, 1.807) is 23.6 Å². The number of hydrazine groups is 2. The van der Waals surface area contributed by atoms with Gasteiger partial charge in [-0.15, -0.1) is 4.83 Å². The number of amides is 2. The van der Waals surface area contributed by atoms with E-state index in [0.717, 1.165) is 0 Å². The fourth-order valence-corrected chi connectivity index (χ4v) is 2.44. The van der Waals surface area contributed by atoms with Gasteiger partial charge < -0.3 is 4.74 Å². The number of pyridine rings is 1. The summed E-state index contributed by atoms with van der Waals surface area (Å²) in [5.41, 5.74) is 6.28. The molecular formula is C14H15N5O5S. The predicted octanol–water partition coefficient (Wildman–Crippen LogP) is -0.457. The van der Waals surface area contributed by atoms with E-state index < -0.39 is 21.8 Å². The Bertz CT molecular complexity index is 840. The number of benzene rings is 1. The summed E-state index contributed by atoms with van der Waals surface area (Å²) < 4.78 is 29.0. The number of carbonyl (C=O) groups excluding carboxylic acids is 2. The van der Waals surface area contributed by atoms with Crippen LogP contribution in [0.2, 0.25) is 0 Å². The number of nitrogens with one attached hydrogen (secondary N) is 4. The molecule has 2 aromatic rings. The number of sulfonamides is 1. The third kappa shape index (κ3) is 5.16. The molecule has 0 radical (unpaired) electrons. The van der Waals surface area contributed by atoms with Crippen molar-refractivity contribution in [3.05, 3.63) is 48.7 Å². The van der Waals surface area contributed by atoms with Crippen molar-refractivity contribution < 1.29 is 22.7 Å². The van der Waals surface area contributed by atoms with E-state index in [1.165, 1.54) is 37.6 Å². The summed E-state index contributed by atoms with van der Waals surface area (Å²) in [6, 6.07) is 10.4. The Morgan fingerprint density at radius 3 is 2.28 bits per heavy atom. The van der Waals surface area contributed by atoms with Gasteiger partial charge in [-0.25, -0.2) is 13.4 Å². The van der Waals surface area contributed by atoms with Crippen molar-refractivity contribution in [1.29, 1.82) is 0 Å². The van der Waals surface area contributed by atoms with Crippen molar-refractivity contribution in [2.24, 2.45) is 0 Å². The number of carbonyl (C=O) groups is 2. The molecule has 0 saturated heterocycles. The molecule has 0 aliphatic carbocycles. The molecule has 25 heavy (non-hydrogen) atoms. The summed E-state index contributed by atoms with van der Waals surface area (Å²) in [5, 5.41) is 0. The third-order valence-electron chi connectivity index (χ3n) is 2.84. The van der Waals surface area contributed by atoms with Gasteiger partial charge in [0.05, 0.1) is 12.0 Å². The Morgan fingerprint density at radius 1 is 1.00 bits per heavy atom. The summed E-state index contributed by atoms with van der Waals surface area (Å²) in [5.74, 6) is -1.53. The molecule has 0 saturated carbocycles. The molecule has 0 aliphatic heterocycles. The monoisotopic (exact) mass is 365 g/mol. The number of hydrogen-bond donors (Lipinski definition) is 4. The standard InChI is InChI=1S/C14H15N5O5S/c1-24-10-5-7-11(8-6-10)25(22,23)19-18-14(21)13(20)17-16-12-4-2-3-9-15-12/h2-9,19H,1H3,(H,15,16)(H,17,20)(H,18,21). The third-order valence-corrected chi connectivity index (χ3v) is 4.11. The fourth-order valence-electron chi connectivity index (χ4n) is 1.60. The van der Waals surface area contributed by atoms with E-state index in [4.69, 9.17) is 4.74 Å². The minimum atomic E-state index is -4.03. The van der Waals surface area contributed by atoms with Crippen LogP contribution in [0.1, 0.15) is 0 Å². The highest BCUT2D eigenvalue weighted by Gasteiger charge is 2.18. The number of anilines is 1. The van der Waals surface area contributed by atoms with Gasteiger partial charge >= 0.3 is 11.8 Å². The van der Waals surface area contributed by atoms with E-state index in [1.807, 2.05) is 4.83 Å². The summed E-state index contributed by atoms with van der Waals surface area (Å²) in [7, 11) is -2.59. The SMILES string of the molecule is COc1ccc(S(=O)(=O)NNC(=O)C(=O)NNc2ccccn2)cc1. The molecule has 0 aliphatic rings. The van der Waals surface area contributed by atoms with Crippen LogP contribution >= 0.6 is 0 Å². The Hall–Kier alpha value is -3.18. The van der Waals surface area contributed by atoms with Crippen LogP contribution < -0.4 is 25.8 Å². The zero-order valence-electron chi connectivity index (χ0n) is 13.0. The van der Waals surface area contributed by atoms with Crippen LogP contribution in [0.3, 0.4) is 0 Å². The molecule has 1 heterocycles. The van der Waals surface area contributed by atoms with Crippen molar-refractivity contribution in [3.63, 3.8) is 0 Å². The Labute approximate surface area is 143 Å². The quantitative estimate of drug-likeness (QED) is 0.401. The first-order chi connectivity index (χ1) is 11.9. The first kappa shape index (κ1) is 18.2. The average molecular weight is 365 g/mol. The van der Waals surface area contributed by atoms with Crippen LogP contribution in [-0.4, -0.2) is 32.3 Å². The smallest absolute Gasteiger partial charge is 0.329 e. The maximum absolute atomic E-state index is 12.0. The molecule has 2 amide bonds. The average Bonchev–Trinajstić information content (AvgIpc) is 2.65. The molecule has 0 fully saturated rings.